The van der Waals surface area contributed by atoms with Crippen molar-refractivity contribution in [2.45, 2.75) is 38.6 Å². The van der Waals surface area contributed by atoms with Crippen LogP contribution in [0.1, 0.15) is 38.2 Å². The van der Waals surface area contributed by atoms with Gasteiger partial charge in [-0.2, -0.15) is 5.10 Å². The van der Waals surface area contributed by atoms with Crippen LogP contribution in [-0.2, 0) is 0 Å². The van der Waals surface area contributed by atoms with Crippen LogP contribution in [0.2, 0.25) is 0 Å². The summed E-state index contributed by atoms with van der Waals surface area (Å²) in [7, 11) is 0. The summed E-state index contributed by atoms with van der Waals surface area (Å²) in [5.41, 5.74) is 3.93. The Labute approximate surface area is 137 Å². The van der Waals surface area contributed by atoms with Gasteiger partial charge in [-0.25, -0.2) is 0 Å². The van der Waals surface area contributed by atoms with Crippen molar-refractivity contribution in [3.63, 3.8) is 0 Å². The zero-order chi connectivity index (χ0) is 15.4. The predicted molar refractivity (Wildman–Crippen MR) is 93.3 cm³/mol. The third-order valence-electron chi connectivity index (χ3n) is 4.63. The summed E-state index contributed by atoms with van der Waals surface area (Å²) in [5, 5.41) is 8.24. The van der Waals surface area contributed by atoms with Crippen molar-refractivity contribution in [2.24, 2.45) is 16.9 Å². The highest BCUT2D eigenvalue weighted by atomic mass is 32.1. The highest BCUT2D eigenvalue weighted by molar-refractivity contribution is 7.80. The van der Waals surface area contributed by atoms with Gasteiger partial charge >= 0.3 is 0 Å². The van der Waals surface area contributed by atoms with Crippen LogP contribution in [0.5, 0.6) is 5.75 Å². The number of nitrogens with zero attached hydrogens (tertiary/aromatic N) is 1. The van der Waals surface area contributed by atoms with Gasteiger partial charge in [-0.3, -0.25) is 5.43 Å². The topological polar surface area (TPSA) is 45.6 Å². The van der Waals surface area contributed by atoms with Crippen molar-refractivity contribution < 1.29 is 4.74 Å². The van der Waals surface area contributed by atoms with E-state index in [9.17, 15) is 0 Å². The van der Waals surface area contributed by atoms with Crippen LogP contribution in [0.15, 0.2) is 29.4 Å². The number of benzene rings is 1. The van der Waals surface area contributed by atoms with E-state index in [-0.39, 0.29) is 0 Å². The number of hydrogen-bond acceptors (Lipinski definition) is 3. The average Bonchev–Trinajstić information content (AvgIpc) is 3.12. The van der Waals surface area contributed by atoms with E-state index in [2.05, 4.69) is 15.8 Å². The first kappa shape index (κ1) is 15.3. The Morgan fingerprint density at radius 1 is 1.32 bits per heavy atom. The third kappa shape index (κ3) is 3.77. The van der Waals surface area contributed by atoms with Gasteiger partial charge in [0.05, 0.1) is 12.8 Å². The molecule has 0 heterocycles. The van der Waals surface area contributed by atoms with Gasteiger partial charge in [0.25, 0.3) is 0 Å². The Balaban J connectivity index is 1.44. The summed E-state index contributed by atoms with van der Waals surface area (Å²) in [6.07, 6.45) is 7.15. The normalized spacial score (nSPS) is 26.3. The quantitative estimate of drug-likeness (QED) is 0.498. The average molecular weight is 317 g/mol. The van der Waals surface area contributed by atoms with Crippen LogP contribution in [0.3, 0.4) is 0 Å². The standard InChI is InChI=1S/C17H23N3OS/c1-2-21-15-7-4-12(5-8-15)11-18-20-17(22)19-16-10-13-3-6-14(16)9-13/h4-5,7-8,11,13-14,16H,2-3,6,9-10H2,1H3,(H2,19,20,22)/b18-11-/t13-,14+,16-/m0/s1. The number of fused-ring (bicyclic) bond motifs is 2. The van der Waals surface area contributed by atoms with Gasteiger partial charge in [0.1, 0.15) is 5.75 Å². The summed E-state index contributed by atoms with van der Waals surface area (Å²) in [6, 6.07) is 8.37. The Morgan fingerprint density at radius 2 is 2.14 bits per heavy atom. The summed E-state index contributed by atoms with van der Waals surface area (Å²) < 4.78 is 5.41. The zero-order valence-corrected chi connectivity index (χ0v) is 13.7. The Kier molecular flexibility index (Phi) is 4.93. The minimum absolute atomic E-state index is 0.541. The molecule has 0 aromatic heterocycles. The van der Waals surface area contributed by atoms with Crippen molar-refractivity contribution >= 4 is 23.5 Å². The molecule has 0 aliphatic heterocycles. The van der Waals surface area contributed by atoms with Gasteiger partial charge in [0, 0.05) is 6.04 Å². The fraction of sp³-hybridized carbons (Fsp3) is 0.529. The van der Waals surface area contributed by atoms with Crippen molar-refractivity contribution in [1.82, 2.24) is 10.7 Å². The molecule has 22 heavy (non-hydrogen) atoms. The van der Waals surface area contributed by atoms with E-state index in [1.165, 1.54) is 25.7 Å². The first-order valence-electron chi connectivity index (χ1n) is 8.07. The van der Waals surface area contributed by atoms with Crippen LogP contribution < -0.4 is 15.5 Å². The molecule has 2 aliphatic rings. The van der Waals surface area contributed by atoms with Gasteiger partial charge in [-0.05, 0) is 80.1 Å². The van der Waals surface area contributed by atoms with Gasteiger partial charge in [-0.15, -0.1) is 0 Å². The minimum atomic E-state index is 0.541. The maximum Gasteiger partial charge on any atom is 0.187 e. The van der Waals surface area contributed by atoms with Crippen LogP contribution in [0.25, 0.3) is 0 Å². The third-order valence-corrected chi connectivity index (χ3v) is 4.83. The van der Waals surface area contributed by atoms with Gasteiger partial charge < -0.3 is 10.1 Å². The van der Waals surface area contributed by atoms with Crippen molar-refractivity contribution in [1.29, 1.82) is 0 Å². The molecule has 2 fully saturated rings. The zero-order valence-electron chi connectivity index (χ0n) is 12.9. The van der Waals surface area contributed by atoms with Crippen LogP contribution in [0.4, 0.5) is 0 Å². The molecule has 0 saturated heterocycles. The lowest BCUT2D eigenvalue weighted by atomic mass is 9.96. The van der Waals surface area contributed by atoms with E-state index in [1.807, 2.05) is 31.2 Å². The van der Waals surface area contributed by atoms with E-state index in [0.717, 1.165) is 23.1 Å². The van der Waals surface area contributed by atoms with Gasteiger partial charge in [0.15, 0.2) is 5.11 Å². The maximum atomic E-state index is 5.41. The largest absolute Gasteiger partial charge is 0.494 e. The highest BCUT2D eigenvalue weighted by Crippen LogP contribution is 2.44. The first-order valence-corrected chi connectivity index (χ1v) is 8.48. The fourth-order valence-corrected chi connectivity index (χ4v) is 3.81. The van der Waals surface area contributed by atoms with Crippen LogP contribution in [-0.4, -0.2) is 24.0 Å². The summed E-state index contributed by atoms with van der Waals surface area (Å²) in [5.74, 6) is 2.60. The number of ether oxygens (including phenoxy) is 1. The number of hydrogen-bond donors (Lipinski definition) is 2. The second-order valence-corrected chi connectivity index (χ2v) is 6.54. The van der Waals surface area contributed by atoms with Crippen molar-refractivity contribution in [2.75, 3.05) is 6.61 Å². The smallest absolute Gasteiger partial charge is 0.187 e. The van der Waals surface area contributed by atoms with E-state index >= 15 is 0 Å². The Hall–Kier alpha value is -1.62. The molecule has 0 spiro atoms. The second kappa shape index (κ2) is 7.09. The SMILES string of the molecule is CCOc1ccc(/C=N\NC(=S)N[C@H]2C[C@H]3CC[C@@H]2C3)cc1. The molecular weight excluding hydrogens is 294 g/mol. The van der Waals surface area contributed by atoms with Crippen LogP contribution in [0, 0.1) is 11.8 Å². The first-order chi connectivity index (χ1) is 10.7. The minimum Gasteiger partial charge on any atom is -0.494 e. The van der Waals surface area contributed by atoms with Crippen molar-refractivity contribution in [3.8, 4) is 5.75 Å². The van der Waals surface area contributed by atoms with Crippen molar-refractivity contribution in [3.05, 3.63) is 29.8 Å². The molecule has 2 saturated carbocycles. The Morgan fingerprint density at radius 3 is 2.77 bits per heavy atom. The maximum absolute atomic E-state index is 5.41. The highest BCUT2D eigenvalue weighted by Gasteiger charge is 2.39. The lowest BCUT2D eigenvalue weighted by molar-refractivity contribution is 0.340. The monoisotopic (exact) mass is 317 g/mol. The summed E-state index contributed by atoms with van der Waals surface area (Å²) >= 11 is 5.32. The lowest BCUT2D eigenvalue weighted by Gasteiger charge is -2.23. The number of rotatable bonds is 5. The molecule has 1 aromatic rings. The number of nitrogens with one attached hydrogen (secondary N) is 2. The van der Waals surface area contributed by atoms with E-state index in [1.54, 1.807) is 6.21 Å². The molecule has 3 rings (SSSR count). The Bertz CT molecular complexity index is 543. The molecule has 2 aliphatic carbocycles. The number of thiocarbonyl (C=S) groups is 1. The lowest BCUT2D eigenvalue weighted by Crippen LogP contribution is -2.42. The molecule has 4 nitrogen and oxygen atoms in total. The molecule has 2 N–H and O–H groups in total. The van der Waals surface area contributed by atoms with Gasteiger partial charge in [-0.1, -0.05) is 6.42 Å². The predicted octanol–water partition coefficient (Wildman–Crippen LogP) is 3.07. The summed E-state index contributed by atoms with van der Waals surface area (Å²) in [4.78, 5) is 0. The number of hydrazone groups is 1. The second-order valence-electron chi connectivity index (χ2n) is 6.13. The molecule has 1 aromatic carbocycles. The molecular formula is C17H23N3OS. The molecule has 0 radical (unpaired) electrons. The molecule has 0 amide bonds. The summed E-state index contributed by atoms with van der Waals surface area (Å²) in [6.45, 7) is 2.65. The molecule has 0 unspecified atom stereocenters. The van der Waals surface area contributed by atoms with E-state index in [0.29, 0.717) is 17.8 Å². The molecule has 3 atom stereocenters. The van der Waals surface area contributed by atoms with E-state index in [4.69, 9.17) is 17.0 Å². The van der Waals surface area contributed by atoms with E-state index < -0.39 is 0 Å². The molecule has 2 bridgehead atoms. The van der Waals surface area contributed by atoms with Gasteiger partial charge in [0.2, 0.25) is 0 Å². The molecule has 5 heteroatoms. The fourth-order valence-electron chi connectivity index (χ4n) is 3.60. The van der Waals surface area contributed by atoms with Crippen LogP contribution >= 0.6 is 12.2 Å². The molecule has 118 valence electrons.